The van der Waals surface area contributed by atoms with E-state index in [4.69, 9.17) is 22.1 Å². The number of halogens is 10. The van der Waals surface area contributed by atoms with Gasteiger partial charge in [-0.3, -0.25) is 14.5 Å². The Kier molecular flexibility index (Phi) is 10.7. The molecular formula is C35H32ClF9N8O3. The Bertz CT molecular complexity index is 2130. The van der Waals surface area contributed by atoms with Gasteiger partial charge in [-0.05, 0) is 48.6 Å². The second kappa shape index (κ2) is 14.7. The average Bonchev–Trinajstić information content (AvgIpc) is 3.42. The van der Waals surface area contributed by atoms with Crippen molar-refractivity contribution in [3.8, 4) is 22.6 Å². The van der Waals surface area contributed by atoms with Crippen LogP contribution < -0.4 is 5.73 Å². The van der Waals surface area contributed by atoms with Crippen molar-refractivity contribution >= 4 is 29.4 Å². The molecule has 6 rings (SSSR count). The minimum absolute atomic E-state index is 0.00152. The third-order valence-electron chi connectivity index (χ3n) is 10.00. The summed E-state index contributed by atoms with van der Waals surface area (Å²) in [5.41, 5.74) is -0.0720. The summed E-state index contributed by atoms with van der Waals surface area (Å²) in [5, 5.41) is 7.17. The molecule has 300 valence electrons. The van der Waals surface area contributed by atoms with Crippen molar-refractivity contribution in [3.63, 3.8) is 0 Å². The largest absolute Gasteiger partial charge is 0.463 e. The van der Waals surface area contributed by atoms with Crippen molar-refractivity contribution in [3.05, 3.63) is 77.2 Å². The molecule has 56 heavy (non-hydrogen) atoms. The van der Waals surface area contributed by atoms with Gasteiger partial charge in [0.2, 0.25) is 6.43 Å². The number of hydrogen-bond acceptors (Lipinski definition) is 8. The maximum Gasteiger partial charge on any atom is 0.394 e. The molecule has 0 unspecified atom stereocenters. The number of amides is 1. The SMILES string of the molecule is CC(C)(C[C@]1(c2ccc(-c3ccn(C(F)F)n3)cc2)N=C(N)N([C@H](COC(=O)CC2(C(F)F)CC2)c2ccc(Cl)c(-c3ncnn3C(F)F)c2)C1=O)C(F)(F)F. The van der Waals surface area contributed by atoms with Crippen LogP contribution in [0.5, 0.6) is 0 Å². The van der Waals surface area contributed by atoms with Crippen molar-refractivity contribution in [1.29, 1.82) is 0 Å². The molecule has 2 aromatic heterocycles. The summed E-state index contributed by atoms with van der Waals surface area (Å²) >= 11 is 6.38. The first-order valence-electron chi connectivity index (χ1n) is 16.8. The van der Waals surface area contributed by atoms with E-state index in [0.717, 1.165) is 31.3 Å². The number of aromatic nitrogens is 5. The second-order valence-electron chi connectivity index (χ2n) is 14.2. The zero-order chi connectivity index (χ0) is 41.0. The fourth-order valence-corrected chi connectivity index (χ4v) is 6.74. The van der Waals surface area contributed by atoms with Gasteiger partial charge in [0.15, 0.2) is 17.3 Å². The van der Waals surface area contributed by atoms with Crippen LogP contribution in [0.15, 0.2) is 66.0 Å². The number of nitrogens with two attached hydrogens (primary N) is 1. The molecule has 2 aromatic carbocycles. The van der Waals surface area contributed by atoms with E-state index in [1.807, 2.05) is 0 Å². The Morgan fingerprint density at radius 3 is 2.25 bits per heavy atom. The van der Waals surface area contributed by atoms with Crippen molar-refractivity contribution in [1.82, 2.24) is 29.4 Å². The van der Waals surface area contributed by atoms with E-state index in [9.17, 15) is 49.1 Å². The predicted octanol–water partition coefficient (Wildman–Crippen LogP) is 8.30. The van der Waals surface area contributed by atoms with Gasteiger partial charge in [0.25, 0.3) is 5.91 Å². The molecule has 0 saturated heterocycles. The van der Waals surface area contributed by atoms with Crippen molar-refractivity contribution in [2.24, 2.45) is 21.6 Å². The summed E-state index contributed by atoms with van der Waals surface area (Å²) < 4.78 is 131. The summed E-state index contributed by atoms with van der Waals surface area (Å²) in [5.74, 6) is -3.24. The van der Waals surface area contributed by atoms with Gasteiger partial charge in [-0.2, -0.15) is 45.6 Å². The fraction of sp³-hybridized carbons (Fsp3) is 0.429. The highest BCUT2D eigenvalue weighted by Crippen LogP contribution is 2.54. The lowest BCUT2D eigenvalue weighted by Crippen LogP contribution is -2.49. The van der Waals surface area contributed by atoms with Gasteiger partial charge in [-0.15, -0.1) is 0 Å². The lowest BCUT2D eigenvalue weighted by Gasteiger charge is -2.37. The van der Waals surface area contributed by atoms with Crippen molar-refractivity contribution in [2.75, 3.05) is 6.61 Å². The number of nitrogens with zero attached hydrogens (tertiary/aromatic N) is 7. The van der Waals surface area contributed by atoms with Crippen LogP contribution in [0, 0.1) is 10.8 Å². The van der Waals surface area contributed by atoms with Gasteiger partial charge >= 0.3 is 25.2 Å². The first kappa shape index (κ1) is 40.5. The van der Waals surface area contributed by atoms with Gasteiger partial charge in [0.1, 0.15) is 12.9 Å². The molecule has 11 nitrogen and oxygen atoms in total. The van der Waals surface area contributed by atoms with E-state index in [1.165, 1.54) is 48.5 Å². The Balaban J connectivity index is 1.44. The van der Waals surface area contributed by atoms with E-state index in [-0.39, 0.29) is 50.5 Å². The van der Waals surface area contributed by atoms with E-state index >= 15 is 0 Å². The summed E-state index contributed by atoms with van der Waals surface area (Å²) in [6.07, 6.45) is -7.42. The minimum atomic E-state index is -4.88. The number of carbonyl (C=O) groups excluding carboxylic acids is 2. The number of carbonyl (C=O) groups is 2. The third kappa shape index (κ3) is 7.54. The second-order valence-corrected chi connectivity index (χ2v) is 14.6. The fourth-order valence-electron chi connectivity index (χ4n) is 6.53. The molecule has 2 aliphatic rings. The number of hydrogen-bond donors (Lipinski definition) is 1. The first-order chi connectivity index (χ1) is 26.2. The molecule has 2 N–H and O–H groups in total. The van der Waals surface area contributed by atoms with E-state index in [2.05, 4.69) is 20.2 Å². The smallest absolute Gasteiger partial charge is 0.394 e. The zero-order valence-electron chi connectivity index (χ0n) is 29.3. The zero-order valence-corrected chi connectivity index (χ0v) is 30.1. The molecule has 0 radical (unpaired) electrons. The summed E-state index contributed by atoms with van der Waals surface area (Å²) in [6, 6.07) is 8.73. The number of benzene rings is 2. The average molecular weight is 819 g/mol. The van der Waals surface area contributed by atoms with Crippen LogP contribution in [0.25, 0.3) is 22.6 Å². The molecule has 0 spiro atoms. The van der Waals surface area contributed by atoms with Crippen LogP contribution in [0.4, 0.5) is 39.5 Å². The van der Waals surface area contributed by atoms with Crippen LogP contribution in [0.3, 0.4) is 0 Å². The van der Waals surface area contributed by atoms with E-state index in [1.54, 1.807) is 0 Å². The predicted molar refractivity (Wildman–Crippen MR) is 181 cm³/mol. The number of guanidine groups is 1. The maximum atomic E-state index is 14.9. The van der Waals surface area contributed by atoms with Gasteiger partial charge in [0.05, 0.1) is 28.6 Å². The summed E-state index contributed by atoms with van der Waals surface area (Å²) in [6.45, 7) is -5.21. The highest BCUT2D eigenvalue weighted by Gasteiger charge is 2.59. The molecule has 2 atom stereocenters. The Hall–Kier alpha value is -5.14. The van der Waals surface area contributed by atoms with Crippen LogP contribution in [-0.2, 0) is 19.9 Å². The maximum absolute atomic E-state index is 14.9. The van der Waals surface area contributed by atoms with Gasteiger partial charge in [-0.25, -0.2) is 23.4 Å². The number of ether oxygens (including phenoxy) is 1. The minimum Gasteiger partial charge on any atom is -0.463 e. The van der Waals surface area contributed by atoms with Crippen LogP contribution in [0.2, 0.25) is 5.02 Å². The molecular weight excluding hydrogens is 787 g/mol. The molecule has 3 heterocycles. The topological polar surface area (TPSA) is 134 Å². The number of aliphatic imine (C=N–C) groups is 1. The molecule has 1 saturated carbocycles. The van der Waals surface area contributed by atoms with Gasteiger partial charge < -0.3 is 10.5 Å². The molecule has 1 aliphatic heterocycles. The highest BCUT2D eigenvalue weighted by molar-refractivity contribution is 6.33. The third-order valence-corrected chi connectivity index (χ3v) is 10.3. The molecule has 1 aliphatic carbocycles. The number of rotatable bonds is 14. The van der Waals surface area contributed by atoms with Crippen LogP contribution in [0.1, 0.15) is 69.8 Å². The lowest BCUT2D eigenvalue weighted by atomic mass is 9.74. The monoisotopic (exact) mass is 818 g/mol. The van der Waals surface area contributed by atoms with Crippen molar-refractivity contribution in [2.45, 2.75) is 76.8 Å². The standard InChI is InChI=1S/C35H32ClF9N8O3/c1-32(2,35(43,44)45)16-34(20-6-3-18(4-7-20)23-9-12-51(50-23)29(39)40)28(55)52(31(46)49-34)24(15-56-25(54)14-33(10-11-33)27(37)38)19-5-8-22(36)21(13-19)26-47-17-48-53(26)30(41)42/h3-9,12-13,17,24,27,29-30H,10-11,14-16H2,1-2H3,(H2,46,49)/t24-,34-/m1/s1. The Morgan fingerprint density at radius 1 is 1.00 bits per heavy atom. The molecule has 0 bridgehead atoms. The van der Waals surface area contributed by atoms with Crippen LogP contribution in [-0.4, -0.2) is 66.5 Å². The summed E-state index contributed by atoms with van der Waals surface area (Å²) in [7, 11) is 0. The van der Waals surface area contributed by atoms with Crippen molar-refractivity contribution < 1.29 is 53.8 Å². The first-order valence-corrected chi connectivity index (χ1v) is 17.2. The van der Waals surface area contributed by atoms with E-state index in [0.29, 0.717) is 4.68 Å². The lowest BCUT2D eigenvalue weighted by molar-refractivity contribution is -0.218. The van der Waals surface area contributed by atoms with Crippen LogP contribution >= 0.6 is 11.6 Å². The Morgan fingerprint density at radius 2 is 1.68 bits per heavy atom. The Labute approximate surface area is 317 Å². The number of alkyl halides is 9. The highest BCUT2D eigenvalue weighted by atomic mass is 35.5. The molecule has 4 aromatic rings. The summed E-state index contributed by atoms with van der Waals surface area (Å²) in [4.78, 5) is 36.8. The van der Waals surface area contributed by atoms with E-state index < -0.39 is 91.2 Å². The quantitative estimate of drug-likeness (QED) is 0.100. The normalized spacial score (nSPS) is 18.9. The molecule has 1 amide bonds. The molecule has 1 fully saturated rings. The molecule has 21 heteroatoms. The van der Waals surface area contributed by atoms with Gasteiger partial charge in [0, 0.05) is 22.7 Å². The van der Waals surface area contributed by atoms with Gasteiger partial charge in [-0.1, -0.05) is 55.8 Å². The number of esters is 1.